The van der Waals surface area contributed by atoms with Crippen molar-refractivity contribution in [1.29, 1.82) is 0 Å². The lowest BCUT2D eigenvalue weighted by Crippen LogP contribution is -2.30. The topological polar surface area (TPSA) is 237 Å². The molecule has 83 heavy (non-hydrogen) atoms. The van der Waals surface area contributed by atoms with E-state index in [4.69, 9.17) is 37.0 Å². The van der Waals surface area contributed by atoms with Gasteiger partial charge in [-0.3, -0.25) is 37.3 Å². The van der Waals surface area contributed by atoms with Gasteiger partial charge >= 0.3 is 39.5 Å². The molecule has 0 amide bonds. The van der Waals surface area contributed by atoms with E-state index in [1.54, 1.807) is 0 Å². The van der Waals surface area contributed by atoms with Crippen LogP contribution in [0.4, 0.5) is 0 Å². The highest BCUT2D eigenvalue weighted by molar-refractivity contribution is 7.47. The number of phosphoric acid groups is 2. The van der Waals surface area contributed by atoms with Gasteiger partial charge in [-0.25, -0.2) is 9.13 Å². The third-order valence-electron chi connectivity index (χ3n) is 14.9. The molecule has 0 aromatic heterocycles. The first-order valence-corrected chi connectivity index (χ1v) is 36.2. The smallest absolute Gasteiger partial charge is 0.462 e. The maximum Gasteiger partial charge on any atom is 0.472 e. The predicted molar refractivity (Wildman–Crippen MR) is 331 cm³/mol. The Morgan fingerprint density at radius 2 is 0.578 bits per heavy atom. The Morgan fingerprint density at radius 3 is 0.855 bits per heavy atom. The van der Waals surface area contributed by atoms with Crippen LogP contribution < -0.4 is 0 Å². The lowest BCUT2D eigenvalue weighted by Gasteiger charge is -2.21. The molecule has 0 aromatic carbocycles. The third-order valence-corrected chi connectivity index (χ3v) is 16.8. The third kappa shape index (κ3) is 57.6. The van der Waals surface area contributed by atoms with Crippen molar-refractivity contribution in [3.05, 3.63) is 0 Å². The molecule has 0 aliphatic carbocycles. The largest absolute Gasteiger partial charge is 0.472 e. The van der Waals surface area contributed by atoms with Crippen molar-refractivity contribution in [3.63, 3.8) is 0 Å². The fourth-order valence-electron chi connectivity index (χ4n) is 9.40. The molecule has 0 heterocycles. The van der Waals surface area contributed by atoms with E-state index in [1.165, 1.54) is 103 Å². The van der Waals surface area contributed by atoms with Gasteiger partial charge in [-0.15, -0.1) is 0 Å². The van der Waals surface area contributed by atoms with Crippen LogP contribution in [0, 0.1) is 23.7 Å². The van der Waals surface area contributed by atoms with Crippen molar-refractivity contribution in [3.8, 4) is 0 Å². The number of aliphatic hydroxyl groups is 1. The van der Waals surface area contributed by atoms with Crippen molar-refractivity contribution in [2.24, 2.45) is 23.7 Å². The number of unbranched alkanes of at least 4 members (excludes halogenated alkanes) is 26. The maximum absolute atomic E-state index is 13.0. The van der Waals surface area contributed by atoms with Crippen LogP contribution in [0.15, 0.2) is 0 Å². The summed E-state index contributed by atoms with van der Waals surface area (Å²) in [5, 5.41) is 10.5. The monoisotopic (exact) mass is 1230 g/mol. The maximum atomic E-state index is 13.0. The van der Waals surface area contributed by atoms with Crippen LogP contribution in [-0.4, -0.2) is 96.7 Å². The Bertz CT molecular complexity index is 1660. The number of carbonyl (C=O) groups is 4. The Balaban J connectivity index is 5.25. The number of ether oxygens (including phenoxy) is 4. The molecule has 492 valence electrons. The first-order valence-electron chi connectivity index (χ1n) is 33.2. The Labute approximate surface area is 505 Å². The second-order valence-electron chi connectivity index (χ2n) is 24.8. The van der Waals surface area contributed by atoms with Crippen molar-refractivity contribution < 1.29 is 80.2 Å². The fraction of sp³-hybridized carbons (Fsp3) is 0.938. The van der Waals surface area contributed by atoms with Crippen LogP contribution >= 0.6 is 15.6 Å². The van der Waals surface area contributed by atoms with Gasteiger partial charge in [0.1, 0.15) is 19.3 Å². The minimum Gasteiger partial charge on any atom is -0.462 e. The molecule has 0 radical (unpaired) electrons. The summed E-state index contributed by atoms with van der Waals surface area (Å²) in [5.41, 5.74) is 0. The number of hydrogen-bond donors (Lipinski definition) is 3. The summed E-state index contributed by atoms with van der Waals surface area (Å²) in [6.07, 6.45) is 33.7. The molecule has 0 aromatic rings. The van der Waals surface area contributed by atoms with E-state index >= 15 is 0 Å². The molecule has 19 heteroatoms. The van der Waals surface area contributed by atoms with Crippen LogP contribution in [0.1, 0.15) is 306 Å². The Kier molecular flexibility index (Phi) is 53.0. The van der Waals surface area contributed by atoms with Crippen LogP contribution in [0.2, 0.25) is 0 Å². The molecule has 0 rings (SSSR count). The fourth-order valence-corrected chi connectivity index (χ4v) is 11.0. The van der Waals surface area contributed by atoms with E-state index in [0.717, 1.165) is 108 Å². The standard InChI is InChI=1S/C64H124O17P2/c1-9-57(8)43-35-27-18-13-14-19-28-36-44-61(66)74-51-60(81-64(69)47-39-31-23-22-26-34-42-56(6)7)53-79-83(72,73)77-49-58(65)48-76-82(70,71)78-52-59(50-75-62(67)45-37-29-21-15-17-25-33-41-55(4)5)80-63(68)46-38-30-20-12-10-11-16-24-32-40-54(2)3/h54-60,65H,9-53H2,1-8H3,(H,70,71)(H,72,73)/t57?,58?,59-,60-/m1/s1. The van der Waals surface area contributed by atoms with Crippen LogP contribution in [0.3, 0.4) is 0 Å². The van der Waals surface area contributed by atoms with Gasteiger partial charge in [0.05, 0.1) is 26.4 Å². The molecule has 0 saturated carbocycles. The molecule has 17 nitrogen and oxygen atoms in total. The number of aliphatic hydroxyl groups excluding tert-OH is 1. The summed E-state index contributed by atoms with van der Waals surface area (Å²) in [6.45, 7) is 13.9. The van der Waals surface area contributed by atoms with Crippen molar-refractivity contribution >= 4 is 39.5 Å². The van der Waals surface area contributed by atoms with Crippen molar-refractivity contribution in [1.82, 2.24) is 0 Å². The zero-order valence-electron chi connectivity index (χ0n) is 53.8. The number of rotatable bonds is 61. The van der Waals surface area contributed by atoms with E-state index in [0.29, 0.717) is 37.5 Å². The molecule has 0 aliphatic heterocycles. The number of carbonyl (C=O) groups excluding carboxylic acids is 4. The van der Waals surface area contributed by atoms with Gasteiger partial charge < -0.3 is 33.8 Å². The van der Waals surface area contributed by atoms with Gasteiger partial charge in [-0.1, -0.05) is 254 Å². The first kappa shape index (κ1) is 81.1. The van der Waals surface area contributed by atoms with Gasteiger partial charge in [0.2, 0.25) is 0 Å². The average molecular weight is 1230 g/mol. The number of hydrogen-bond acceptors (Lipinski definition) is 15. The highest BCUT2D eigenvalue weighted by Gasteiger charge is 2.30. The van der Waals surface area contributed by atoms with Crippen molar-refractivity contribution in [2.45, 2.75) is 324 Å². The van der Waals surface area contributed by atoms with Gasteiger partial charge in [-0.2, -0.15) is 0 Å². The van der Waals surface area contributed by atoms with Crippen LogP contribution in [0.25, 0.3) is 0 Å². The molecule has 3 N–H and O–H groups in total. The summed E-state index contributed by atoms with van der Waals surface area (Å²) in [7, 11) is -9.89. The molecule has 0 bridgehead atoms. The minimum absolute atomic E-state index is 0.101. The summed E-state index contributed by atoms with van der Waals surface area (Å²) in [5.74, 6) is 0.745. The first-order chi connectivity index (χ1) is 39.6. The average Bonchev–Trinajstić information content (AvgIpc) is 3.47. The van der Waals surface area contributed by atoms with Gasteiger partial charge in [0.25, 0.3) is 0 Å². The Hall–Kier alpha value is -1.94. The zero-order chi connectivity index (χ0) is 61.8. The molecule has 0 saturated heterocycles. The molecule has 6 atom stereocenters. The zero-order valence-corrected chi connectivity index (χ0v) is 55.6. The SMILES string of the molecule is CCC(C)CCCCCCCCCCC(=O)OC[C@H](COP(=O)(O)OCC(O)COP(=O)(O)OC[C@@H](COC(=O)CCCCCCCCCC(C)C)OC(=O)CCCCCCCCCCCC(C)C)OC(=O)CCCCCCCCC(C)C. The van der Waals surface area contributed by atoms with Crippen molar-refractivity contribution in [2.75, 3.05) is 39.6 Å². The minimum atomic E-state index is -4.94. The van der Waals surface area contributed by atoms with E-state index in [-0.39, 0.29) is 25.7 Å². The second kappa shape index (κ2) is 54.2. The highest BCUT2D eigenvalue weighted by Crippen LogP contribution is 2.45. The molecule has 0 fully saturated rings. The lowest BCUT2D eigenvalue weighted by molar-refractivity contribution is -0.161. The Morgan fingerprint density at radius 1 is 0.337 bits per heavy atom. The normalized spacial score (nSPS) is 14.8. The molecule has 0 aliphatic rings. The van der Waals surface area contributed by atoms with E-state index in [1.807, 2.05) is 0 Å². The predicted octanol–water partition coefficient (Wildman–Crippen LogP) is 17.4. The molecule has 0 spiro atoms. The molecular weight excluding hydrogens is 1100 g/mol. The van der Waals surface area contributed by atoms with Crippen LogP contribution in [0.5, 0.6) is 0 Å². The van der Waals surface area contributed by atoms with E-state index < -0.39 is 97.5 Å². The quantitative estimate of drug-likeness (QED) is 0.0222. The second-order valence-corrected chi connectivity index (χ2v) is 27.7. The highest BCUT2D eigenvalue weighted by atomic mass is 31.2. The van der Waals surface area contributed by atoms with E-state index in [2.05, 4.69) is 55.4 Å². The van der Waals surface area contributed by atoms with Gasteiger partial charge in [-0.05, 0) is 49.4 Å². The van der Waals surface area contributed by atoms with E-state index in [9.17, 15) is 43.2 Å². The lowest BCUT2D eigenvalue weighted by atomic mass is 9.99. The summed E-state index contributed by atoms with van der Waals surface area (Å²) in [4.78, 5) is 72.2. The summed E-state index contributed by atoms with van der Waals surface area (Å²) < 4.78 is 68.0. The number of esters is 4. The molecular formula is C64H124O17P2. The number of phosphoric ester groups is 2. The van der Waals surface area contributed by atoms with Gasteiger partial charge in [0, 0.05) is 25.7 Å². The summed E-state index contributed by atoms with van der Waals surface area (Å²) in [6, 6.07) is 0. The van der Waals surface area contributed by atoms with Gasteiger partial charge in [0.15, 0.2) is 12.2 Å². The summed E-state index contributed by atoms with van der Waals surface area (Å²) >= 11 is 0. The molecule has 4 unspecified atom stereocenters. The van der Waals surface area contributed by atoms with Crippen LogP contribution in [-0.2, 0) is 65.4 Å².